The fourth-order valence-corrected chi connectivity index (χ4v) is 3.63. The fraction of sp³-hybridized carbons (Fsp3) is 0.480. The van der Waals surface area contributed by atoms with Crippen molar-refractivity contribution in [2.45, 2.75) is 27.7 Å². The van der Waals surface area contributed by atoms with Gasteiger partial charge in [0.15, 0.2) is 0 Å². The van der Waals surface area contributed by atoms with Gasteiger partial charge in [-0.25, -0.2) is 4.98 Å². The number of nitrogens with zero attached hydrogens (tertiary/aromatic N) is 3. The van der Waals surface area contributed by atoms with Crippen molar-refractivity contribution < 1.29 is 26.0 Å². The average Bonchev–Trinajstić information content (AvgIpc) is 2.83. The number of hydrogen-bond acceptors (Lipinski definition) is 5. The number of ether oxygens (including phenoxy) is 2. The minimum absolute atomic E-state index is 0.472. The van der Waals surface area contributed by atoms with Crippen LogP contribution in [0.2, 0.25) is 0 Å². The summed E-state index contributed by atoms with van der Waals surface area (Å²) in [4.78, 5) is 9.58. The maximum atomic E-state index is 5.97. The van der Waals surface area contributed by atoms with E-state index in [9.17, 15) is 0 Å². The first-order valence-corrected chi connectivity index (χ1v) is 17.1. The molecule has 8 heteroatoms. The summed E-state index contributed by atoms with van der Waals surface area (Å²) in [7, 11) is 9.75. The molecule has 3 rings (SSSR count). The van der Waals surface area contributed by atoms with Gasteiger partial charge in [0, 0.05) is 36.0 Å². The first-order chi connectivity index (χ1) is 16.1. The summed E-state index contributed by atoms with van der Waals surface area (Å²) in [5.74, 6) is 1.74. The Hall–Kier alpha value is -1.10. The van der Waals surface area contributed by atoms with Crippen LogP contribution in [-0.4, -0.2) is 67.3 Å². The Morgan fingerprint density at radius 3 is 1.45 bits per heavy atom. The van der Waals surface area contributed by atoms with E-state index in [1.54, 1.807) is 0 Å². The van der Waals surface area contributed by atoms with E-state index in [0.717, 1.165) is 72.6 Å². The van der Waals surface area contributed by atoms with Gasteiger partial charge in [0.2, 0.25) is 0 Å². The molecule has 33 heavy (non-hydrogen) atoms. The van der Waals surface area contributed by atoms with Crippen LogP contribution in [0.5, 0.6) is 11.5 Å². The Morgan fingerprint density at radius 2 is 1.09 bits per heavy atom. The van der Waals surface area contributed by atoms with Crippen LogP contribution in [0.3, 0.4) is 0 Å². The Labute approximate surface area is 214 Å². The number of rotatable bonds is 12. The monoisotopic (exact) mass is 674 g/mol. The van der Waals surface area contributed by atoms with Crippen LogP contribution in [0, 0.1) is 0 Å². The molecule has 0 N–H and O–H groups in total. The molecule has 0 aliphatic carbocycles. The number of pyridine rings is 1. The van der Waals surface area contributed by atoms with Gasteiger partial charge in [0.1, 0.15) is 24.7 Å². The van der Waals surface area contributed by atoms with Gasteiger partial charge in [-0.1, -0.05) is 27.7 Å². The van der Waals surface area contributed by atoms with Crippen molar-refractivity contribution in [2.24, 2.45) is 0 Å². The van der Waals surface area contributed by atoms with Gasteiger partial charge in [-0.3, -0.25) is 0 Å². The molecular formula is C25H35Cl2N3O2Pt. The summed E-state index contributed by atoms with van der Waals surface area (Å²) in [6.45, 7) is 16.1. The zero-order chi connectivity index (χ0) is 24.1. The molecule has 3 aromatic rings. The fourth-order valence-electron chi connectivity index (χ4n) is 3.63. The van der Waals surface area contributed by atoms with Crippen LogP contribution in [-0.2, 0) is 16.5 Å². The Bertz CT molecular complexity index is 896. The standard InChI is InChI=1S/C25H35N3O2.2ClH.Pt/c1-5-27(6-2)13-15-29-22-11-9-20-17-21-10-12-23(19-25(21)26-24(20)18-22)30-16-14-28(7-3)8-4;;;/h9-12,17-19H,5-8,13-16H2,1-4H3;2*1H;/q;;;+2/p-2. The van der Waals surface area contributed by atoms with E-state index in [4.69, 9.17) is 33.3 Å². The van der Waals surface area contributed by atoms with Gasteiger partial charge in [0.25, 0.3) is 0 Å². The van der Waals surface area contributed by atoms with Gasteiger partial charge in [-0.15, -0.1) is 0 Å². The number of halogens is 2. The van der Waals surface area contributed by atoms with Crippen molar-refractivity contribution in [1.82, 2.24) is 14.8 Å². The molecule has 0 aliphatic heterocycles. The van der Waals surface area contributed by atoms with Crippen LogP contribution in [0.1, 0.15) is 27.7 Å². The van der Waals surface area contributed by atoms with Gasteiger partial charge < -0.3 is 19.3 Å². The summed E-state index contributed by atoms with van der Waals surface area (Å²) in [5.41, 5.74) is 1.89. The second-order valence-electron chi connectivity index (χ2n) is 7.49. The van der Waals surface area contributed by atoms with Crippen molar-refractivity contribution in [3.05, 3.63) is 42.5 Å². The molecule has 0 atom stereocenters. The zero-order valence-electron chi connectivity index (χ0n) is 19.9. The van der Waals surface area contributed by atoms with Crippen molar-refractivity contribution in [3.8, 4) is 11.5 Å². The van der Waals surface area contributed by atoms with Crippen molar-refractivity contribution in [1.29, 1.82) is 0 Å². The minimum atomic E-state index is -0.472. The van der Waals surface area contributed by atoms with Gasteiger partial charge in [-0.05, 0) is 56.5 Å². The molecule has 0 amide bonds. The Balaban J connectivity index is 0.00000122. The number of hydrogen-bond donors (Lipinski definition) is 0. The molecule has 0 unspecified atom stereocenters. The van der Waals surface area contributed by atoms with E-state index in [0.29, 0.717) is 13.2 Å². The van der Waals surface area contributed by atoms with E-state index in [1.807, 2.05) is 24.3 Å². The first-order valence-electron chi connectivity index (χ1n) is 11.5. The van der Waals surface area contributed by atoms with E-state index < -0.39 is 16.5 Å². The normalized spacial score (nSPS) is 11.3. The molecule has 5 nitrogen and oxygen atoms in total. The molecular weight excluding hydrogens is 640 g/mol. The first kappa shape index (κ1) is 28.1. The van der Waals surface area contributed by atoms with Crippen LogP contribution in [0.4, 0.5) is 0 Å². The van der Waals surface area contributed by atoms with Gasteiger partial charge >= 0.3 is 35.3 Å². The van der Waals surface area contributed by atoms with Crippen molar-refractivity contribution in [2.75, 3.05) is 52.5 Å². The van der Waals surface area contributed by atoms with Gasteiger partial charge in [0.05, 0.1) is 11.0 Å². The number of aromatic nitrogens is 1. The molecule has 0 spiro atoms. The van der Waals surface area contributed by atoms with E-state index >= 15 is 0 Å². The third-order valence-corrected chi connectivity index (χ3v) is 5.70. The third kappa shape index (κ3) is 9.22. The molecule has 0 radical (unpaired) electrons. The maximum absolute atomic E-state index is 5.97. The van der Waals surface area contributed by atoms with E-state index in [2.05, 4.69) is 55.7 Å². The molecule has 0 aliphatic rings. The second-order valence-corrected chi connectivity index (χ2v) is 10.8. The van der Waals surface area contributed by atoms with Crippen LogP contribution >= 0.6 is 18.8 Å². The summed E-state index contributed by atoms with van der Waals surface area (Å²) < 4.78 is 11.9. The third-order valence-electron chi connectivity index (χ3n) is 5.70. The summed E-state index contributed by atoms with van der Waals surface area (Å²) in [5, 5.41) is 2.24. The molecule has 186 valence electrons. The number of fused-ring (bicyclic) bond motifs is 2. The summed E-state index contributed by atoms with van der Waals surface area (Å²) in [6.07, 6.45) is 0. The molecule has 1 heterocycles. The number of likely N-dealkylation sites (N-methyl/N-ethyl adjacent to an activating group) is 2. The van der Waals surface area contributed by atoms with Crippen molar-refractivity contribution >= 4 is 40.6 Å². The molecule has 1 aromatic heterocycles. The Morgan fingerprint density at radius 1 is 0.697 bits per heavy atom. The average molecular weight is 676 g/mol. The van der Waals surface area contributed by atoms with Crippen molar-refractivity contribution in [3.63, 3.8) is 0 Å². The van der Waals surface area contributed by atoms with Crippen LogP contribution < -0.4 is 9.47 Å². The molecule has 0 bridgehead atoms. The SMILES string of the molecule is CCN(CC)CCOc1ccc2cc3ccc(OCCN(CC)CC)cc3nc2c1.[Cl][Pt][Cl]. The van der Waals surface area contributed by atoms with E-state index in [1.165, 1.54) is 0 Å². The van der Waals surface area contributed by atoms with E-state index in [-0.39, 0.29) is 0 Å². The molecule has 2 aromatic carbocycles. The quantitative estimate of drug-likeness (QED) is 0.214. The summed E-state index contributed by atoms with van der Waals surface area (Å²) >= 11 is -0.472. The molecule has 0 saturated carbocycles. The predicted molar refractivity (Wildman–Crippen MR) is 138 cm³/mol. The molecule has 0 saturated heterocycles. The zero-order valence-corrected chi connectivity index (χ0v) is 23.7. The van der Waals surface area contributed by atoms with Gasteiger partial charge in [-0.2, -0.15) is 0 Å². The molecule has 0 fully saturated rings. The van der Waals surface area contributed by atoms with Crippen LogP contribution in [0.15, 0.2) is 42.5 Å². The van der Waals surface area contributed by atoms with Crippen LogP contribution in [0.25, 0.3) is 21.8 Å². The summed E-state index contributed by atoms with van der Waals surface area (Å²) in [6, 6.07) is 14.5. The second kappa shape index (κ2) is 15.7. The topological polar surface area (TPSA) is 37.8 Å². The predicted octanol–water partition coefficient (Wildman–Crippen LogP) is 6.21. The Kier molecular flexibility index (Phi) is 13.4. The number of benzene rings is 2.